The molecule has 1 aromatic carbocycles. The van der Waals surface area contributed by atoms with E-state index in [1.165, 1.54) is 0 Å². The Kier molecular flexibility index (Phi) is 4.32. The zero-order valence-corrected chi connectivity index (χ0v) is 11.1. The molecule has 1 aromatic rings. The normalized spacial score (nSPS) is 11.4. The largest absolute Gasteiger partial charge is 0.194 e. The number of halogens is 4. The minimum Gasteiger partial charge on any atom is -0.0951 e. The van der Waals surface area contributed by atoms with Crippen LogP contribution < -0.4 is 0 Å². The average molecular weight is 314 g/mol. The summed E-state index contributed by atoms with van der Waals surface area (Å²) >= 11 is 20.4. The van der Waals surface area contributed by atoms with Gasteiger partial charge in [0, 0.05) is 10.9 Å². The van der Waals surface area contributed by atoms with E-state index in [2.05, 4.69) is 22.5 Å². The Hall–Kier alpha value is 0.310. The lowest BCUT2D eigenvalue weighted by atomic mass is 10.1. The summed E-state index contributed by atoms with van der Waals surface area (Å²) in [6, 6.07) is 7.73. The monoisotopic (exact) mass is 312 g/mol. The van der Waals surface area contributed by atoms with Crippen LogP contribution in [0, 0.1) is 0 Å². The summed E-state index contributed by atoms with van der Waals surface area (Å²) in [6.07, 6.45) is 0.333. The Morgan fingerprint density at radius 3 is 2.14 bits per heavy atom. The minimum absolute atomic E-state index is 0.333. The molecule has 0 heterocycles. The highest BCUT2D eigenvalue weighted by atomic mass is 79.9. The van der Waals surface area contributed by atoms with Gasteiger partial charge in [-0.3, -0.25) is 0 Å². The van der Waals surface area contributed by atoms with E-state index in [0.717, 1.165) is 15.6 Å². The molecule has 0 nitrogen and oxygen atoms in total. The van der Waals surface area contributed by atoms with Gasteiger partial charge in [-0.05, 0) is 23.3 Å². The first-order valence-corrected chi connectivity index (χ1v) is 5.81. The number of hydrogen-bond acceptors (Lipinski definition) is 0. The molecule has 14 heavy (non-hydrogen) atoms. The molecule has 0 amide bonds. The van der Waals surface area contributed by atoms with Crippen LogP contribution in [0.15, 0.2) is 35.3 Å². The molecule has 0 aliphatic carbocycles. The van der Waals surface area contributed by atoms with E-state index in [0.29, 0.717) is 6.42 Å². The van der Waals surface area contributed by atoms with E-state index in [-0.39, 0.29) is 0 Å². The van der Waals surface area contributed by atoms with Crippen LogP contribution in [-0.4, -0.2) is 3.79 Å². The Morgan fingerprint density at radius 2 is 1.71 bits per heavy atom. The number of allylic oxidation sites excluding steroid dienone is 1. The summed E-state index contributed by atoms with van der Waals surface area (Å²) < 4.78 is -0.257. The highest BCUT2D eigenvalue weighted by Gasteiger charge is 2.21. The molecular weight excluding hydrogens is 306 g/mol. The first-order chi connectivity index (χ1) is 6.38. The predicted octanol–water partition coefficient (Wildman–Crippen LogP) is 5.22. The third-order valence-corrected chi connectivity index (χ3v) is 2.60. The van der Waals surface area contributed by atoms with Crippen molar-refractivity contribution in [1.82, 2.24) is 0 Å². The fourth-order valence-electron chi connectivity index (χ4n) is 1.03. The van der Waals surface area contributed by atoms with E-state index in [1.807, 2.05) is 24.3 Å². The molecule has 0 bridgehead atoms. The van der Waals surface area contributed by atoms with Crippen molar-refractivity contribution in [2.24, 2.45) is 0 Å². The van der Waals surface area contributed by atoms with Crippen molar-refractivity contribution >= 4 is 56.3 Å². The van der Waals surface area contributed by atoms with Crippen LogP contribution in [0.2, 0.25) is 0 Å². The van der Waals surface area contributed by atoms with Crippen molar-refractivity contribution in [3.63, 3.8) is 0 Å². The Balaban J connectivity index is 2.76. The Labute approximate surface area is 107 Å². The van der Waals surface area contributed by atoms with Crippen LogP contribution in [0.25, 0.3) is 5.57 Å². The molecular formula is C10H8BrCl3. The maximum absolute atomic E-state index is 5.67. The molecule has 0 aromatic heterocycles. The number of rotatable bonds is 2. The van der Waals surface area contributed by atoms with E-state index < -0.39 is 3.79 Å². The summed E-state index contributed by atoms with van der Waals surface area (Å²) in [7, 11) is 0. The van der Waals surface area contributed by atoms with Crippen molar-refractivity contribution in [1.29, 1.82) is 0 Å². The van der Waals surface area contributed by atoms with Crippen molar-refractivity contribution in [2.75, 3.05) is 0 Å². The van der Waals surface area contributed by atoms with Crippen LogP contribution in [0.5, 0.6) is 0 Å². The summed E-state index contributed by atoms with van der Waals surface area (Å²) in [6.45, 7) is 3.87. The fraction of sp³-hybridized carbons (Fsp3) is 0.200. The summed E-state index contributed by atoms with van der Waals surface area (Å²) in [4.78, 5) is 0. The lowest BCUT2D eigenvalue weighted by Crippen LogP contribution is -2.02. The molecule has 0 radical (unpaired) electrons. The van der Waals surface area contributed by atoms with Crippen molar-refractivity contribution in [3.05, 3.63) is 40.9 Å². The van der Waals surface area contributed by atoms with Gasteiger partial charge in [-0.2, -0.15) is 0 Å². The molecule has 0 saturated heterocycles. The average Bonchev–Trinajstić information content (AvgIpc) is 2.02. The van der Waals surface area contributed by atoms with Crippen LogP contribution in [0.1, 0.15) is 12.0 Å². The molecule has 4 heteroatoms. The van der Waals surface area contributed by atoms with Gasteiger partial charge in [0.1, 0.15) is 0 Å². The van der Waals surface area contributed by atoms with Gasteiger partial charge in [-0.1, -0.05) is 69.4 Å². The number of alkyl halides is 3. The van der Waals surface area contributed by atoms with Gasteiger partial charge in [-0.25, -0.2) is 0 Å². The van der Waals surface area contributed by atoms with E-state index >= 15 is 0 Å². The molecule has 0 unspecified atom stereocenters. The predicted molar refractivity (Wildman–Crippen MR) is 68.1 cm³/mol. The smallest absolute Gasteiger partial charge is 0.0951 e. The molecule has 76 valence electrons. The van der Waals surface area contributed by atoms with Crippen molar-refractivity contribution in [3.8, 4) is 0 Å². The Morgan fingerprint density at radius 1 is 1.21 bits per heavy atom. The fourth-order valence-corrected chi connectivity index (χ4v) is 1.78. The molecule has 1 rings (SSSR count). The van der Waals surface area contributed by atoms with Gasteiger partial charge < -0.3 is 0 Å². The van der Waals surface area contributed by atoms with Crippen LogP contribution in [0.3, 0.4) is 0 Å². The first-order valence-electron chi connectivity index (χ1n) is 3.89. The maximum Gasteiger partial charge on any atom is 0.194 e. The topological polar surface area (TPSA) is 0 Å². The standard InChI is InChI=1S/C10H8BrCl3/c1-7(6-10(12,13)14)8-2-4-9(11)5-3-8/h2-5H,1,6H2. The quantitative estimate of drug-likeness (QED) is 0.656. The van der Waals surface area contributed by atoms with Crippen LogP contribution in [-0.2, 0) is 0 Å². The second-order valence-corrected chi connectivity index (χ2v) is 6.33. The molecule has 0 N–H and O–H groups in total. The SMILES string of the molecule is C=C(CC(Cl)(Cl)Cl)c1ccc(Br)cc1. The molecule has 0 spiro atoms. The molecule has 0 aliphatic rings. The molecule has 0 aliphatic heterocycles. The van der Waals surface area contributed by atoms with Gasteiger partial charge >= 0.3 is 0 Å². The van der Waals surface area contributed by atoms with Crippen LogP contribution >= 0.6 is 50.7 Å². The van der Waals surface area contributed by atoms with E-state index in [9.17, 15) is 0 Å². The highest BCUT2D eigenvalue weighted by Crippen LogP contribution is 2.36. The summed E-state index contributed by atoms with van der Waals surface area (Å²) in [5.41, 5.74) is 1.80. The zero-order valence-electron chi connectivity index (χ0n) is 7.24. The zero-order chi connectivity index (χ0) is 10.8. The molecule has 0 saturated carbocycles. The second kappa shape index (κ2) is 4.89. The minimum atomic E-state index is -1.27. The second-order valence-electron chi connectivity index (χ2n) is 2.90. The van der Waals surface area contributed by atoms with Crippen molar-refractivity contribution in [2.45, 2.75) is 10.2 Å². The van der Waals surface area contributed by atoms with Crippen LogP contribution in [0.4, 0.5) is 0 Å². The van der Waals surface area contributed by atoms with Gasteiger partial charge in [-0.15, -0.1) is 0 Å². The van der Waals surface area contributed by atoms with Gasteiger partial charge in [0.05, 0.1) is 0 Å². The van der Waals surface area contributed by atoms with E-state index in [1.54, 1.807) is 0 Å². The number of benzene rings is 1. The first kappa shape index (κ1) is 12.4. The third-order valence-electron chi connectivity index (χ3n) is 1.67. The summed E-state index contributed by atoms with van der Waals surface area (Å²) in [5.74, 6) is 0. The lowest BCUT2D eigenvalue weighted by molar-refractivity contribution is 1.10. The van der Waals surface area contributed by atoms with Gasteiger partial charge in [0.15, 0.2) is 3.79 Å². The lowest BCUT2D eigenvalue weighted by Gasteiger charge is -2.12. The maximum atomic E-state index is 5.67. The molecule has 0 fully saturated rings. The number of hydrogen-bond donors (Lipinski definition) is 0. The third kappa shape index (κ3) is 4.22. The summed E-state index contributed by atoms with van der Waals surface area (Å²) in [5, 5.41) is 0. The van der Waals surface area contributed by atoms with Crippen molar-refractivity contribution < 1.29 is 0 Å². The van der Waals surface area contributed by atoms with Gasteiger partial charge in [0.2, 0.25) is 0 Å². The molecule has 0 atom stereocenters. The Bertz CT molecular complexity index is 324. The van der Waals surface area contributed by atoms with Gasteiger partial charge in [0.25, 0.3) is 0 Å². The van der Waals surface area contributed by atoms with E-state index in [4.69, 9.17) is 34.8 Å². The highest BCUT2D eigenvalue weighted by molar-refractivity contribution is 9.10.